The Morgan fingerprint density at radius 2 is 1.76 bits per heavy atom. The van der Waals surface area contributed by atoms with Crippen LogP contribution < -0.4 is 10.6 Å². The van der Waals surface area contributed by atoms with Gasteiger partial charge in [-0.1, -0.05) is 19.1 Å². The Balaban J connectivity index is 1.72. The van der Waals surface area contributed by atoms with Gasteiger partial charge < -0.3 is 20.3 Å². The van der Waals surface area contributed by atoms with Crippen LogP contribution in [-0.2, 0) is 20.7 Å². The molecule has 1 saturated heterocycles. The van der Waals surface area contributed by atoms with E-state index in [0.29, 0.717) is 25.3 Å². The minimum atomic E-state index is -0.670. The minimum absolute atomic E-state index is 0.251. The Morgan fingerprint density at radius 3 is 2.32 bits per heavy atom. The molecule has 136 valence electrons. The number of aryl methyl sites for hydroxylation is 1. The first kappa shape index (κ1) is 18.8. The number of rotatable bonds is 4. The van der Waals surface area contributed by atoms with Gasteiger partial charge >= 0.3 is 17.9 Å². The first-order valence-corrected chi connectivity index (χ1v) is 8.54. The van der Waals surface area contributed by atoms with Gasteiger partial charge in [0.25, 0.3) is 0 Å². The molecule has 2 rings (SSSR count). The van der Waals surface area contributed by atoms with Crippen molar-refractivity contribution in [1.82, 2.24) is 10.2 Å². The van der Waals surface area contributed by atoms with Crippen LogP contribution in [0.4, 0.5) is 10.5 Å². The van der Waals surface area contributed by atoms with Gasteiger partial charge in [0.2, 0.25) is 0 Å². The summed E-state index contributed by atoms with van der Waals surface area (Å²) in [6.45, 7) is 3.68. The number of anilines is 1. The number of ether oxygens (including phenoxy) is 1. The molecule has 1 aromatic carbocycles. The summed E-state index contributed by atoms with van der Waals surface area (Å²) in [5.74, 6) is -1.06. The molecule has 3 amide bonds. The number of benzene rings is 1. The van der Waals surface area contributed by atoms with Gasteiger partial charge in [-0.2, -0.15) is 0 Å². The SMILES string of the molecule is CCc1ccc(NC(=O)C(=O)NCC2CCN(C(=O)OC)CC2)cc1. The van der Waals surface area contributed by atoms with Crippen molar-refractivity contribution in [3.63, 3.8) is 0 Å². The fourth-order valence-corrected chi connectivity index (χ4v) is 2.78. The van der Waals surface area contributed by atoms with Crippen LogP contribution in [0.1, 0.15) is 25.3 Å². The van der Waals surface area contributed by atoms with Crippen LogP contribution in [0.3, 0.4) is 0 Å². The van der Waals surface area contributed by atoms with Crippen molar-refractivity contribution in [2.75, 3.05) is 32.1 Å². The number of carbonyl (C=O) groups excluding carboxylic acids is 3. The fourth-order valence-electron chi connectivity index (χ4n) is 2.78. The van der Waals surface area contributed by atoms with Crippen molar-refractivity contribution in [2.45, 2.75) is 26.2 Å². The standard InChI is InChI=1S/C18H25N3O4/c1-3-13-4-6-15(7-5-13)20-17(23)16(22)19-12-14-8-10-21(11-9-14)18(24)25-2/h4-7,14H,3,8-12H2,1-2H3,(H,19,22)(H,20,23). The lowest BCUT2D eigenvalue weighted by molar-refractivity contribution is -0.136. The van der Waals surface area contributed by atoms with E-state index in [2.05, 4.69) is 22.3 Å². The molecular formula is C18H25N3O4. The maximum Gasteiger partial charge on any atom is 0.409 e. The Morgan fingerprint density at radius 1 is 1.12 bits per heavy atom. The maximum atomic E-state index is 11.9. The lowest BCUT2D eigenvalue weighted by atomic mass is 9.97. The summed E-state index contributed by atoms with van der Waals surface area (Å²) < 4.78 is 4.69. The van der Waals surface area contributed by atoms with Crippen LogP contribution in [-0.4, -0.2) is 49.6 Å². The number of methoxy groups -OCH3 is 1. The van der Waals surface area contributed by atoms with Gasteiger partial charge in [0.15, 0.2) is 0 Å². The van der Waals surface area contributed by atoms with Crippen molar-refractivity contribution in [3.05, 3.63) is 29.8 Å². The van der Waals surface area contributed by atoms with E-state index in [-0.39, 0.29) is 12.0 Å². The lowest BCUT2D eigenvalue weighted by Gasteiger charge is -2.30. The quantitative estimate of drug-likeness (QED) is 0.813. The highest BCUT2D eigenvalue weighted by Gasteiger charge is 2.24. The highest BCUT2D eigenvalue weighted by molar-refractivity contribution is 6.39. The molecule has 0 radical (unpaired) electrons. The zero-order valence-electron chi connectivity index (χ0n) is 14.7. The number of nitrogens with zero attached hydrogens (tertiary/aromatic N) is 1. The van der Waals surface area contributed by atoms with Gasteiger partial charge in [-0.05, 0) is 42.9 Å². The van der Waals surface area contributed by atoms with E-state index in [1.54, 1.807) is 17.0 Å². The van der Waals surface area contributed by atoms with E-state index in [1.165, 1.54) is 12.7 Å². The molecule has 1 fully saturated rings. The van der Waals surface area contributed by atoms with Crippen LogP contribution in [0.15, 0.2) is 24.3 Å². The molecule has 25 heavy (non-hydrogen) atoms. The van der Waals surface area contributed by atoms with E-state index < -0.39 is 11.8 Å². The Bertz CT molecular complexity index is 607. The molecule has 7 nitrogen and oxygen atoms in total. The number of hydrogen-bond acceptors (Lipinski definition) is 4. The number of piperidine rings is 1. The Kier molecular flexibility index (Phi) is 6.80. The zero-order chi connectivity index (χ0) is 18.2. The van der Waals surface area contributed by atoms with Crippen LogP contribution >= 0.6 is 0 Å². The summed E-state index contributed by atoms with van der Waals surface area (Å²) in [5.41, 5.74) is 1.77. The summed E-state index contributed by atoms with van der Waals surface area (Å²) in [6, 6.07) is 7.41. The number of carbonyl (C=O) groups is 3. The highest BCUT2D eigenvalue weighted by atomic mass is 16.5. The third-order valence-corrected chi connectivity index (χ3v) is 4.42. The second-order valence-corrected chi connectivity index (χ2v) is 6.12. The molecule has 2 N–H and O–H groups in total. The molecule has 0 spiro atoms. The van der Waals surface area contributed by atoms with E-state index in [9.17, 15) is 14.4 Å². The van der Waals surface area contributed by atoms with Crippen LogP contribution in [0.25, 0.3) is 0 Å². The van der Waals surface area contributed by atoms with Gasteiger partial charge in [0, 0.05) is 25.3 Å². The summed E-state index contributed by atoms with van der Waals surface area (Å²) in [7, 11) is 1.36. The molecular weight excluding hydrogens is 322 g/mol. The van der Waals surface area contributed by atoms with Gasteiger partial charge in [-0.25, -0.2) is 4.79 Å². The monoisotopic (exact) mass is 347 g/mol. The van der Waals surface area contributed by atoms with Crippen molar-refractivity contribution >= 4 is 23.6 Å². The first-order valence-electron chi connectivity index (χ1n) is 8.54. The summed E-state index contributed by atoms with van der Waals surface area (Å²) >= 11 is 0. The molecule has 1 heterocycles. The minimum Gasteiger partial charge on any atom is -0.453 e. The molecule has 1 aliphatic heterocycles. The average Bonchev–Trinajstić information content (AvgIpc) is 2.66. The number of likely N-dealkylation sites (tertiary alicyclic amines) is 1. The Labute approximate surface area is 147 Å². The van der Waals surface area contributed by atoms with E-state index in [0.717, 1.165) is 19.3 Å². The predicted octanol–water partition coefficient (Wildman–Crippen LogP) is 1.78. The average molecular weight is 347 g/mol. The van der Waals surface area contributed by atoms with Gasteiger partial charge in [0.1, 0.15) is 0 Å². The van der Waals surface area contributed by atoms with Gasteiger partial charge in [-0.3, -0.25) is 9.59 Å². The molecule has 7 heteroatoms. The Hall–Kier alpha value is -2.57. The number of amides is 3. The van der Waals surface area contributed by atoms with Crippen molar-refractivity contribution in [1.29, 1.82) is 0 Å². The van der Waals surface area contributed by atoms with Crippen LogP contribution in [0.2, 0.25) is 0 Å². The molecule has 0 atom stereocenters. The van der Waals surface area contributed by atoms with Crippen molar-refractivity contribution in [3.8, 4) is 0 Å². The molecule has 1 aromatic rings. The molecule has 0 unspecified atom stereocenters. The van der Waals surface area contributed by atoms with Gasteiger partial charge in [-0.15, -0.1) is 0 Å². The number of hydrogen-bond donors (Lipinski definition) is 2. The van der Waals surface area contributed by atoms with E-state index in [4.69, 9.17) is 0 Å². The normalized spacial score (nSPS) is 14.7. The third-order valence-electron chi connectivity index (χ3n) is 4.42. The van der Waals surface area contributed by atoms with Crippen LogP contribution in [0.5, 0.6) is 0 Å². The smallest absolute Gasteiger partial charge is 0.409 e. The largest absolute Gasteiger partial charge is 0.453 e. The second-order valence-electron chi connectivity index (χ2n) is 6.12. The molecule has 0 aliphatic carbocycles. The molecule has 0 saturated carbocycles. The van der Waals surface area contributed by atoms with Crippen molar-refractivity contribution < 1.29 is 19.1 Å². The van der Waals surface area contributed by atoms with E-state index >= 15 is 0 Å². The summed E-state index contributed by atoms with van der Waals surface area (Å²) in [6.07, 6.45) is 2.14. The molecule has 0 aromatic heterocycles. The zero-order valence-corrected chi connectivity index (χ0v) is 14.7. The number of nitrogens with one attached hydrogen (secondary N) is 2. The highest BCUT2D eigenvalue weighted by Crippen LogP contribution is 2.17. The topological polar surface area (TPSA) is 87.7 Å². The third kappa shape index (κ3) is 5.48. The van der Waals surface area contributed by atoms with Crippen molar-refractivity contribution in [2.24, 2.45) is 5.92 Å². The summed E-state index contributed by atoms with van der Waals surface area (Å²) in [4.78, 5) is 36.9. The predicted molar refractivity (Wildman–Crippen MR) is 94.2 cm³/mol. The fraction of sp³-hybridized carbons (Fsp3) is 0.500. The first-order chi connectivity index (χ1) is 12.0. The molecule has 1 aliphatic rings. The lowest BCUT2D eigenvalue weighted by Crippen LogP contribution is -2.43. The van der Waals surface area contributed by atoms with Crippen LogP contribution in [0, 0.1) is 5.92 Å². The molecule has 0 bridgehead atoms. The second kappa shape index (κ2) is 9.05. The van der Waals surface area contributed by atoms with Gasteiger partial charge in [0.05, 0.1) is 7.11 Å². The summed E-state index contributed by atoms with van der Waals surface area (Å²) in [5, 5.41) is 5.26. The van der Waals surface area contributed by atoms with E-state index in [1.807, 2.05) is 12.1 Å². The maximum absolute atomic E-state index is 11.9.